The van der Waals surface area contributed by atoms with Crippen molar-refractivity contribution in [2.24, 2.45) is 0 Å². The zero-order valence-corrected chi connectivity index (χ0v) is 10.5. The van der Waals surface area contributed by atoms with Crippen LogP contribution in [0.25, 0.3) is 32.8 Å². The molecule has 4 heteroatoms. The molecule has 1 N–H and O–H groups in total. The van der Waals surface area contributed by atoms with E-state index in [0.717, 1.165) is 10.8 Å². The van der Waals surface area contributed by atoms with Gasteiger partial charge in [-0.2, -0.15) is 0 Å². The van der Waals surface area contributed by atoms with Gasteiger partial charge in [-0.3, -0.25) is 4.79 Å². The molecule has 0 unspecified atom stereocenters. The number of hydrogen-bond donors (Lipinski definition) is 1. The summed E-state index contributed by atoms with van der Waals surface area (Å²) >= 11 is 6.00. The van der Waals surface area contributed by atoms with Crippen LogP contribution in [-0.2, 0) is 0 Å². The van der Waals surface area contributed by atoms with E-state index in [0.29, 0.717) is 27.1 Å². The van der Waals surface area contributed by atoms with Crippen LogP contribution < -0.4 is 5.56 Å². The fourth-order valence-electron chi connectivity index (χ4n) is 2.44. The first-order chi connectivity index (χ1) is 9.24. The van der Waals surface area contributed by atoms with Crippen LogP contribution >= 0.6 is 11.6 Å². The number of halogens is 1. The Labute approximate surface area is 112 Å². The summed E-state index contributed by atoms with van der Waals surface area (Å²) in [6, 6.07) is 12.8. The minimum atomic E-state index is -0.120. The molecule has 92 valence electrons. The van der Waals surface area contributed by atoms with Gasteiger partial charge < -0.3 is 9.40 Å². The second-order valence-electron chi connectivity index (χ2n) is 4.45. The second-order valence-corrected chi connectivity index (χ2v) is 4.88. The standard InChI is InChI=1S/C15H8ClNO2/c16-8-5-6-12-11(7-8)13-14(19-12)9-3-1-2-4-10(9)15(18)17-13/h1-7H,(H,17,18). The normalized spacial score (nSPS) is 11.6. The summed E-state index contributed by atoms with van der Waals surface area (Å²) in [5.41, 5.74) is 1.98. The molecule has 2 aromatic carbocycles. The molecule has 0 bridgehead atoms. The first kappa shape index (κ1) is 10.6. The number of hydrogen-bond acceptors (Lipinski definition) is 2. The Hall–Kier alpha value is -2.26. The number of furan rings is 1. The van der Waals surface area contributed by atoms with Crippen LogP contribution in [0.4, 0.5) is 0 Å². The van der Waals surface area contributed by atoms with Gasteiger partial charge in [0, 0.05) is 15.8 Å². The van der Waals surface area contributed by atoms with Crippen LogP contribution in [-0.4, -0.2) is 4.98 Å². The van der Waals surface area contributed by atoms with Gasteiger partial charge in [-0.05, 0) is 24.3 Å². The highest BCUT2D eigenvalue weighted by atomic mass is 35.5. The molecular weight excluding hydrogens is 262 g/mol. The molecule has 0 saturated heterocycles. The van der Waals surface area contributed by atoms with E-state index in [9.17, 15) is 4.79 Å². The summed E-state index contributed by atoms with van der Waals surface area (Å²) in [6.45, 7) is 0. The zero-order chi connectivity index (χ0) is 13.0. The topological polar surface area (TPSA) is 46.0 Å². The molecule has 0 aliphatic rings. The van der Waals surface area contributed by atoms with Crippen molar-refractivity contribution >= 4 is 44.4 Å². The SMILES string of the molecule is O=c1[nH]c2c3cc(Cl)ccc3oc2c2ccccc12. The lowest BCUT2D eigenvalue weighted by Gasteiger charge is -1.97. The maximum Gasteiger partial charge on any atom is 0.256 e. The number of pyridine rings is 1. The summed E-state index contributed by atoms with van der Waals surface area (Å²) in [5.74, 6) is 0. The highest BCUT2D eigenvalue weighted by Gasteiger charge is 2.12. The van der Waals surface area contributed by atoms with Gasteiger partial charge in [0.15, 0.2) is 5.58 Å². The summed E-state index contributed by atoms with van der Waals surface area (Å²) in [6.07, 6.45) is 0. The molecule has 4 aromatic rings. The molecular formula is C15H8ClNO2. The molecule has 0 amide bonds. The van der Waals surface area contributed by atoms with Crippen LogP contribution in [0.15, 0.2) is 51.7 Å². The van der Waals surface area contributed by atoms with Gasteiger partial charge in [-0.15, -0.1) is 0 Å². The lowest BCUT2D eigenvalue weighted by molar-refractivity contribution is 0.672. The van der Waals surface area contributed by atoms with Crippen molar-refractivity contribution in [3.8, 4) is 0 Å². The van der Waals surface area contributed by atoms with Crippen molar-refractivity contribution in [3.63, 3.8) is 0 Å². The maximum atomic E-state index is 12.1. The maximum absolute atomic E-state index is 12.1. The minimum Gasteiger partial charge on any atom is -0.454 e. The Morgan fingerprint density at radius 3 is 2.63 bits per heavy atom. The molecule has 0 aliphatic heterocycles. The fourth-order valence-corrected chi connectivity index (χ4v) is 2.62. The molecule has 0 aliphatic carbocycles. The monoisotopic (exact) mass is 269 g/mol. The van der Waals surface area contributed by atoms with Gasteiger partial charge in [-0.1, -0.05) is 29.8 Å². The third-order valence-electron chi connectivity index (χ3n) is 3.30. The fraction of sp³-hybridized carbons (Fsp3) is 0. The Kier molecular flexibility index (Phi) is 2.03. The van der Waals surface area contributed by atoms with Gasteiger partial charge >= 0.3 is 0 Å². The number of benzene rings is 2. The van der Waals surface area contributed by atoms with Gasteiger partial charge in [0.25, 0.3) is 5.56 Å². The third kappa shape index (κ3) is 1.42. The molecule has 0 spiro atoms. The summed E-state index contributed by atoms with van der Waals surface area (Å²) in [4.78, 5) is 15.0. The largest absolute Gasteiger partial charge is 0.454 e. The highest BCUT2D eigenvalue weighted by molar-refractivity contribution is 6.31. The van der Waals surface area contributed by atoms with E-state index >= 15 is 0 Å². The molecule has 0 fully saturated rings. The first-order valence-corrected chi connectivity index (χ1v) is 6.24. The Bertz CT molecular complexity index is 997. The van der Waals surface area contributed by atoms with E-state index in [1.807, 2.05) is 24.3 Å². The molecule has 0 radical (unpaired) electrons. The smallest absolute Gasteiger partial charge is 0.256 e. The number of aromatic nitrogens is 1. The van der Waals surface area contributed by atoms with Crippen molar-refractivity contribution in [1.29, 1.82) is 0 Å². The van der Waals surface area contributed by atoms with Gasteiger partial charge in [0.1, 0.15) is 5.58 Å². The van der Waals surface area contributed by atoms with E-state index in [4.69, 9.17) is 16.0 Å². The van der Waals surface area contributed by atoms with E-state index < -0.39 is 0 Å². The van der Waals surface area contributed by atoms with Gasteiger partial charge in [0.05, 0.1) is 10.9 Å². The molecule has 19 heavy (non-hydrogen) atoms. The van der Waals surface area contributed by atoms with Crippen molar-refractivity contribution in [2.75, 3.05) is 0 Å². The number of nitrogens with one attached hydrogen (secondary N) is 1. The van der Waals surface area contributed by atoms with E-state index in [-0.39, 0.29) is 5.56 Å². The van der Waals surface area contributed by atoms with Crippen LogP contribution in [0.3, 0.4) is 0 Å². The highest BCUT2D eigenvalue weighted by Crippen LogP contribution is 2.32. The van der Waals surface area contributed by atoms with E-state index in [1.165, 1.54) is 0 Å². The molecule has 0 saturated carbocycles. The zero-order valence-electron chi connectivity index (χ0n) is 9.74. The van der Waals surface area contributed by atoms with Crippen LogP contribution in [0, 0.1) is 0 Å². The van der Waals surface area contributed by atoms with Crippen molar-refractivity contribution < 1.29 is 4.42 Å². The molecule has 2 heterocycles. The minimum absolute atomic E-state index is 0.120. The first-order valence-electron chi connectivity index (χ1n) is 5.87. The van der Waals surface area contributed by atoms with Gasteiger partial charge in [-0.25, -0.2) is 0 Å². The molecule has 3 nitrogen and oxygen atoms in total. The predicted octanol–water partition coefficient (Wildman–Crippen LogP) is 4.08. The third-order valence-corrected chi connectivity index (χ3v) is 3.54. The Morgan fingerprint density at radius 2 is 1.79 bits per heavy atom. The Morgan fingerprint density at radius 1 is 1.00 bits per heavy atom. The number of rotatable bonds is 0. The number of H-pyrrole nitrogens is 1. The predicted molar refractivity (Wildman–Crippen MR) is 76.9 cm³/mol. The molecule has 4 rings (SSSR count). The van der Waals surface area contributed by atoms with Crippen LogP contribution in [0.2, 0.25) is 5.02 Å². The van der Waals surface area contributed by atoms with E-state index in [2.05, 4.69) is 4.98 Å². The summed E-state index contributed by atoms with van der Waals surface area (Å²) in [7, 11) is 0. The lowest BCUT2D eigenvalue weighted by atomic mass is 10.1. The number of aromatic amines is 1. The molecule has 2 aromatic heterocycles. The lowest BCUT2D eigenvalue weighted by Crippen LogP contribution is -2.05. The quantitative estimate of drug-likeness (QED) is 0.523. The number of fused-ring (bicyclic) bond motifs is 5. The Balaban J connectivity index is 2.36. The summed E-state index contributed by atoms with van der Waals surface area (Å²) in [5, 5.41) is 2.88. The second kappa shape index (κ2) is 3.62. The average molecular weight is 270 g/mol. The van der Waals surface area contributed by atoms with Crippen LogP contribution in [0.1, 0.15) is 0 Å². The van der Waals surface area contributed by atoms with Gasteiger partial charge in [0.2, 0.25) is 0 Å². The van der Waals surface area contributed by atoms with Crippen LogP contribution in [0.5, 0.6) is 0 Å². The molecule has 0 atom stereocenters. The van der Waals surface area contributed by atoms with Crippen molar-refractivity contribution in [1.82, 2.24) is 4.98 Å². The van der Waals surface area contributed by atoms with Crippen molar-refractivity contribution in [3.05, 3.63) is 57.8 Å². The van der Waals surface area contributed by atoms with Crippen molar-refractivity contribution in [2.45, 2.75) is 0 Å². The summed E-state index contributed by atoms with van der Waals surface area (Å²) < 4.78 is 5.85. The average Bonchev–Trinajstić information content (AvgIpc) is 2.78. The van der Waals surface area contributed by atoms with E-state index in [1.54, 1.807) is 18.2 Å².